The van der Waals surface area contributed by atoms with Gasteiger partial charge in [-0.3, -0.25) is 0 Å². The minimum Gasteiger partial charge on any atom is -0.205 e. The van der Waals surface area contributed by atoms with Gasteiger partial charge < -0.3 is 0 Å². The van der Waals surface area contributed by atoms with Crippen molar-refractivity contribution in [3.8, 4) is 0 Å². The molecule has 80 valence electrons. The number of hydrogen-bond acceptors (Lipinski definition) is 1. The molecule has 1 aromatic carbocycles. The van der Waals surface area contributed by atoms with Crippen LogP contribution in [-0.2, 0) is 6.18 Å². The third kappa shape index (κ3) is 1.70. The van der Waals surface area contributed by atoms with Gasteiger partial charge in [-0.05, 0) is 6.07 Å². The third-order valence-corrected chi connectivity index (χ3v) is 3.37. The van der Waals surface area contributed by atoms with Gasteiger partial charge in [0, 0.05) is 10.8 Å². The third-order valence-electron chi connectivity index (χ3n) is 1.94. The van der Waals surface area contributed by atoms with Crippen LogP contribution in [0.5, 0.6) is 0 Å². The van der Waals surface area contributed by atoms with Crippen LogP contribution >= 0.6 is 22.9 Å². The van der Waals surface area contributed by atoms with E-state index in [1.165, 1.54) is 11.4 Å². The summed E-state index contributed by atoms with van der Waals surface area (Å²) in [7, 11) is 0. The number of hydrogen-bond donors (Lipinski definition) is 0. The predicted octanol–water partition coefficient (Wildman–Crippen LogP) is 4.71. The Morgan fingerprint density at radius 3 is 2.47 bits per heavy atom. The molecule has 0 bridgehead atoms. The SMILES string of the molecule is Fc1c(C(F)(F)F)ccc2c(Cl)csc12. The average molecular weight is 255 g/mol. The van der Waals surface area contributed by atoms with Crippen LogP contribution in [-0.4, -0.2) is 0 Å². The maximum atomic E-state index is 13.4. The summed E-state index contributed by atoms with van der Waals surface area (Å²) < 4.78 is 50.3. The van der Waals surface area contributed by atoms with Gasteiger partial charge in [0.1, 0.15) is 0 Å². The Morgan fingerprint density at radius 2 is 1.87 bits per heavy atom. The smallest absolute Gasteiger partial charge is 0.205 e. The molecule has 15 heavy (non-hydrogen) atoms. The molecule has 0 amide bonds. The van der Waals surface area contributed by atoms with Crippen LogP contribution in [0.1, 0.15) is 5.56 Å². The molecule has 0 atom stereocenters. The fourth-order valence-corrected chi connectivity index (χ4v) is 2.47. The van der Waals surface area contributed by atoms with E-state index in [2.05, 4.69) is 0 Å². The van der Waals surface area contributed by atoms with Crippen LogP contribution in [0.2, 0.25) is 5.02 Å². The molecule has 0 unspecified atom stereocenters. The monoisotopic (exact) mass is 254 g/mol. The van der Waals surface area contributed by atoms with Gasteiger partial charge in [-0.15, -0.1) is 11.3 Å². The molecule has 1 aromatic heterocycles. The maximum absolute atomic E-state index is 13.4. The van der Waals surface area contributed by atoms with Gasteiger partial charge in [-0.25, -0.2) is 4.39 Å². The normalized spacial score (nSPS) is 12.3. The lowest BCUT2D eigenvalue weighted by molar-refractivity contribution is -0.139. The highest BCUT2D eigenvalue weighted by atomic mass is 35.5. The number of alkyl halides is 3. The van der Waals surface area contributed by atoms with Gasteiger partial charge in [0.05, 0.1) is 15.3 Å². The summed E-state index contributed by atoms with van der Waals surface area (Å²) in [6.07, 6.45) is -4.67. The second kappa shape index (κ2) is 3.35. The Balaban J connectivity index is 2.77. The van der Waals surface area contributed by atoms with E-state index in [1.54, 1.807) is 0 Å². The van der Waals surface area contributed by atoms with Crippen LogP contribution in [0, 0.1) is 5.82 Å². The molecule has 0 aliphatic carbocycles. The Kier molecular flexibility index (Phi) is 2.39. The Bertz CT molecular complexity index is 515. The van der Waals surface area contributed by atoms with Gasteiger partial charge in [-0.2, -0.15) is 13.2 Å². The topological polar surface area (TPSA) is 0 Å². The summed E-state index contributed by atoms with van der Waals surface area (Å²) in [6, 6.07) is 1.89. The van der Waals surface area contributed by atoms with E-state index in [0.717, 1.165) is 11.3 Å². The lowest BCUT2D eigenvalue weighted by atomic mass is 10.1. The average Bonchev–Trinajstić information content (AvgIpc) is 2.47. The van der Waals surface area contributed by atoms with Crippen molar-refractivity contribution >= 4 is 33.0 Å². The van der Waals surface area contributed by atoms with Gasteiger partial charge in [-0.1, -0.05) is 17.7 Å². The van der Waals surface area contributed by atoms with E-state index in [1.807, 2.05) is 0 Å². The molecule has 1 heterocycles. The highest BCUT2D eigenvalue weighted by molar-refractivity contribution is 7.17. The maximum Gasteiger partial charge on any atom is 0.419 e. The molecular weight excluding hydrogens is 252 g/mol. The predicted molar refractivity (Wildman–Crippen MR) is 51.8 cm³/mol. The first-order valence-electron chi connectivity index (χ1n) is 3.83. The van der Waals surface area contributed by atoms with E-state index in [4.69, 9.17) is 11.6 Å². The summed E-state index contributed by atoms with van der Waals surface area (Å²) >= 11 is 6.54. The Hall–Kier alpha value is -0.810. The molecular formula is C9H3ClF4S. The van der Waals surface area contributed by atoms with Gasteiger partial charge in [0.2, 0.25) is 0 Å². The van der Waals surface area contributed by atoms with Crippen molar-refractivity contribution in [3.05, 3.63) is 33.9 Å². The molecule has 0 nitrogen and oxygen atoms in total. The van der Waals surface area contributed by atoms with Gasteiger partial charge >= 0.3 is 6.18 Å². The quantitative estimate of drug-likeness (QED) is 0.597. The Morgan fingerprint density at radius 1 is 1.20 bits per heavy atom. The second-order valence-electron chi connectivity index (χ2n) is 2.89. The fourth-order valence-electron chi connectivity index (χ4n) is 1.25. The minimum atomic E-state index is -4.67. The molecule has 0 aliphatic heterocycles. The summed E-state index contributed by atoms with van der Waals surface area (Å²) in [5.41, 5.74) is -1.26. The number of halogens is 5. The van der Waals surface area contributed by atoms with Crippen LogP contribution < -0.4 is 0 Å². The first-order chi connectivity index (χ1) is 6.91. The van der Waals surface area contributed by atoms with Crippen molar-refractivity contribution < 1.29 is 17.6 Å². The highest BCUT2D eigenvalue weighted by Gasteiger charge is 2.35. The van der Waals surface area contributed by atoms with Crippen molar-refractivity contribution in [1.29, 1.82) is 0 Å². The lowest BCUT2D eigenvalue weighted by Crippen LogP contribution is -2.07. The van der Waals surface area contributed by atoms with Crippen molar-refractivity contribution in [2.75, 3.05) is 0 Å². The first-order valence-corrected chi connectivity index (χ1v) is 5.09. The molecule has 0 saturated carbocycles. The molecule has 2 aromatic rings. The van der Waals surface area contributed by atoms with Gasteiger partial charge in [0.25, 0.3) is 0 Å². The molecule has 0 radical (unpaired) electrons. The molecule has 0 N–H and O–H groups in total. The summed E-state index contributed by atoms with van der Waals surface area (Å²) in [5.74, 6) is -1.25. The van der Waals surface area contributed by atoms with Crippen LogP contribution in [0.15, 0.2) is 17.5 Å². The van der Waals surface area contributed by atoms with E-state index in [9.17, 15) is 17.6 Å². The summed E-state index contributed by atoms with van der Waals surface area (Å²) in [4.78, 5) is 0. The Labute approximate surface area is 91.1 Å². The summed E-state index contributed by atoms with van der Waals surface area (Å²) in [6.45, 7) is 0. The van der Waals surface area contributed by atoms with E-state index >= 15 is 0 Å². The van der Waals surface area contributed by atoms with Crippen molar-refractivity contribution in [3.63, 3.8) is 0 Å². The zero-order valence-corrected chi connectivity index (χ0v) is 8.60. The zero-order valence-electron chi connectivity index (χ0n) is 7.03. The number of rotatable bonds is 0. The fraction of sp³-hybridized carbons (Fsp3) is 0.111. The molecule has 0 fully saturated rings. The highest BCUT2D eigenvalue weighted by Crippen LogP contribution is 2.38. The van der Waals surface area contributed by atoms with E-state index in [0.29, 0.717) is 11.5 Å². The molecule has 6 heteroatoms. The number of thiophene rings is 1. The lowest BCUT2D eigenvalue weighted by Gasteiger charge is -2.07. The molecule has 2 rings (SSSR count). The molecule has 0 saturated heterocycles. The number of fused-ring (bicyclic) bond motifs is 1. The van der Waals surface area contributed by atoms with Gasteiger partial charge in [0.15, 0.2) is 5.82 Å². The summed E-state index contributed by atoms with van der Waals surface area (Å²) in [5, 5.41) is 1.99. The molecule has 0 spiro atoms. The van der Waals surface area contributed by atoms with Crippen LogP contribution in [0.4, 0.5) is 17.6 Å². The first kappa shape index (κ1) is 10.7. The number of benzene rings is 1. The molecule has 0 aliphatic rings. The van der Waals surface area contributed by atoms with Crippen LogP contribution in [0.3, 0.4) is 0 Å². The second-order valence-corrected chi connectivity index (χ2v) is 4.17. The minimum absolute atomic E-state index is 0.0603. The van der Waals surface area contributed by atoms with Crippen molar-refractivity contribution in [2.45, 2.75) is 6.18 Å². The standard InChI is InChI=1S/C9H3ClF4S/c10-6-3-15-8-4(6)1-2-5(7(8)11)9(12,13)14/h1-3H. The van der Waals surface area contributed by atoms with E-state index < -0.39 is 17.6 Å². The zero-order chi connectivity index (χ0) is 11.2. The van der Waals surface area contributed by atoms with Crippen molar-refractivity contribution in [2.24, 2.45) is 0 Å². The van der Waals surface area contributed by atoms with E-state index in [-0.39, 0.29) is 9.72 Å². The van der Waals surface area contributed by atoms with Crippen LogP contribution in [0.25, 0.3) is 10.1 Å². The van der Waals surface area contributed by atoms with Crippen molar-refractivity contribution in [1.82, 2.24) is 0 Å². The largest absolute Gasteiger partial charge is 0.419 e.